The van der Waals surface area contributed by atoms with Crippen LogP contribution in [0.5, 0.6) is 0 Å². The second-order valence-electron chi connectivity index (χ2n) is 12.5. The van der Waals surface area contributed by atoms with Crippen LogP contribution in [-0.2, 0) is 58.5 Å². The minimum atomic E-state index is -1.31. The van der Waals surface area contributed by atoms with Crippen LogP contribution in [0.25, 0.3) is 44.1 Å². The third-order valence-corrected chi connectivity index (χ3v) is 7.01. The maximum Gasteiger partial charge on any atom is 4.00 e. The summed E-state index contributed by atoms with van der Waals surface area (Å²) in [4.78, 5) is 86.2. The molecule has 4 aromatic carbocycles. The van der Waals surface area contributed by atoms with Gasteiger partial charge in [0, 0.05) is 83.9 Å². The first kappa shape index (κ1) is 53.9. The molecule has 6 rings (SSSR count). The Morgan fingerprint density at radius 2 is 0.623 bits per heavy atom. The van der Waals surface area contributed by atoms with Crippen LogP contribution in [0.15, 0.2) is 134 Å². The van der Waals surface area contributed by atoms with Crippen molar-refractivity contribution >= 4 is 68.6 Å². The molecule has 0 unspecified atom stereocenters. The number of nitrogens with zero attached hydrogens (tertiary/aromatic N) is 2. The molecule has 2 heterocycles. The number of carbonyl (C=O) groups is 8. The summed E-state index contributed by atoms with van der Waals surface area (Å²) in [6.45, 7) is 4.82. The molecule has 0 aliphatic heterocycles. The fourth-order valence-corrected chi connectivity index (χ4v) is 4.70. The number of carboxylic acid groups (broad SMARTS) is 4. The molecular weight excluding hydrogens is 965 g/mol. The topological polar surface area (TPSA) is 255 Å². The van der Waals surface area contributed by atoms with E-state index in [9.17, 15) is 58.8 Å². The van der Waals surface area contributed by atoms with Crippen LogP contribution in [0.1, 0.15) is 53.4 Å². The standard InChI is InChI=1S/2C15H11N.4C4H6O3.Ir/c2*1-2-7-13(8-3-1)15-14-9-5-4-6-12(14)10-11-16-15;4*1-3(5)2-4(6)7;/h2*1-11H;4*2H2,1H3,(H,6,7);/q;;;;;;+4/p-4. The van der Waals surface area contributed by atoms with Gasteiger partial charge in [-0.1, -0.05) is 109 Å². The molecule has 0 spiro atoms. The summed E-state index contributed by atoms with van der Waals surface area (Å²) in [6.07, 6.45) is 1.84. The Morgan fingerprint density at radius 1 is 0.377 bits per heavy atom. The molecule has 0 fully saturated rings. The molecule has 1 radical (unpaired) electrons. The normalized spacial score (nSPS) is 9.25. The van der Waals surface area contributed by atoms with Gasteiger partial charge in [0.25, 0.3) is 0 Å². The number of pyridine rings is 2. The first-order chi connectivity index (χ1) is 28.4. The van der Waals surface area contributed by atoms with E-state index in [0.29, 0.717) is 0 Å². The third kappa shape index (κ3) is 24.4. The zero-order valence-corrected chi connectivity index (χ0v) is 36.1. The van der Waals surface area contributed by atoms with Crippen molar-refractivity contribution in [3.8, 4) is 22.5 Å². The predicted octanol–water partition coefficient (Wildman–Crippen LogP) is 2.66. The number of aliphatic carboxylic acids is 4. The Labute approximate surface area is 365 Å². The molecule has 2 aromatic heterocycles. The summed E-state index contributed by atoms with van der Waals surface area (Å²) in [5, 5.41) is 42.8. The largest absolute Gasteiger partial charge is 4.00 e. The van der Waals surface area contributed by atoms with Crippen LogP contribution in [0.2, 0.25) is 0 Å². The van der Waals surface area contributed by atoms with Gasteiger partial charge in [0.1, 0.15) is 23.1 Å². The molecular formula is C46H42IrN2O12. The number of hydrogen-bond acceptors (Lipinski definition) is 14. The molecule has 61 heavy (non-hydrogen) atoms. The quantitative estimate of drug-likeness (QED) is 0.179. The van der Waals surface area contributed by atoms with E-state index < -0.39 is 49.6 Å². The van der Waals surface area contributed by atoms with Gasteiger partial charge in [0.15, 0.2) is 0 Å². The second-order valence-corrected chi connectivity index (χ2v) is 12.5. The van der Waals surface area contributed by atoms with Gasteiger partial charge >= 0.3 is 20.1 Å². The van der Waals surface area contributed by atoms with Gasteiger partial charge in [-0.3, -0.25) is 29.1 Å². The number of aromatic nitrogens is 2. The van der Waals surface area contributed by atoms with Gasteiger partial charge in [-0.15, -0.1) is 0 Å². The van der Waals surface area contributed by atoms with Crippen molar-refractivity contribution in [1.29, 1.82) is 0 Å². The molecule has 0 saturated carbocycles. The Balaban J connectivity index is 0.000000747. The maximum atomic E-state index is 9.83. The van der Waals surface area contributed by atoms with E-state index in [0.717, 1.165) is 11.4 Å². The zero-order chi connectivity index (χ0) is 45.0. The molecule has 0 N–H and O–H groups in total. The van der Waals surface area contributed by atoms with E-state index in [1.165, 1.54) is 60.4 Å². The smallest absolute Gasteiger partial charge is 0.550 e. The van der Waals surface area contributed by atoms with Crippen LogP contribution in [0, 0.1) is 0 Å². The third-order valence-electron chi connectivity index (χ3n) is 7.01. The van der Waals surface area contributed by atoms with Crippen LogP contribution < -0.4 is 20.4 Å². The Morgan fingerprint density at radius 3 is 0.852 bits per heavy atom. The van der Waals surface area contributed by atoms with Gasteiger partial charge in [-0.05, 0) is 50.6 Å². The van der Waals surface area contributed by atoms with Crippen molar-refractivity contribution in [2.75, 3.05) is 0 Å². The molecule has 0 atom stereocenters. The summed E-state index contributed by atoms with van der Waals surface area (Å²) < 4.78 is 0. The minimum Gasteiger partial charge on any atom is -0.550 e. The van der Waals surface area contributed by atoms with Gasteiger partial charge < -0.3 is 39.6 Å². The van der Waals surface area contributed by atoms with Crippen LogP contribution >= 0.6 is 0 Å². The molecule has 6 aromatic rings. The fourth-order valence-electron chi connectivity index (χ4n) is 4.70. The van der Waals surface area contributed by atoms with Gasteiger partial charge in [0.05, 0.1) is 11.4 Å². The molecule has 0 bridgehead atoms. The average molecular weight is 1010 g/mol. The van der Waals surface area contributed by atoms with Crippen molar-refractivity contribution in [3.05, 3.63) is 134 Å². The van der Waals surface area contributed by atoms with Crippen LogP contribution in [-0.4, -0.2) is 57.0 Å². The van der Waals surface area contributed by atoms with E-state index in [1.54, 1.807) is 0 Å². The van der Waals surface area contributed by atoms with Crippen LogP contribution in [0.4, 0.5) is 0 Å². The van der Waals surface area contributed by atoms with Gasteiger partial charge in [-0.2, -0.15) is 0 Å². The molecule has 15 heteroatoms. The number of hydrogen-bond donors (Lipinski definition) is 0. The Bertz CT molecular complexity index is 2090. The summed E-state index contributed by atoms with van der Waals surface area (Å²) in [5.41, 5.74) is 4.44. The van der Waals surface area contributed by atoms with Crippen LogP contribution in [0.3, 0.4) is 0 Å². The predicted molar refractivity (Wildman–Crippen MR) is 216 cm³/mol. The zero-order valence-electron chi connectivity index (χ0n) is 33.7. The second kappa shape index (κ2) is 30.0. The SMILES string of the molecule is CC(=O)CC(=O)[O-].CC(=O)CC(=O)[O-].CC(=O)CC(=O)[O-].CC(=O)CC(=O)[O-].[Ir+4].c1ccc(-c2nccc3ccccc23)cc1.c1ccc(-c2nccc3ccccc23)cc1. The van der Waals surface area contributed by atoms with Crippen molar-refractivity contribution < 1.29 is 78.9 Å². The Hall–Kier alpha value is -7.09. The van der Waals surface area contributed by atoms with E-state index in [2.05, 4.69) is 82.8 Å². The fraction of sp³-hybridized carbons (Fsp3) is 0.174. The Kier molecular flexibility index (Phi) is 26.5. The molecule has 0 aliphatic carbocycles. The summed E-state index contributed by atoms with van der Waals surface area (Å²) in [7, 11) is 0. The van der Waals surface area contributed by atoms with E-state index in [1.807, 2.05) is 60.9 Å². The first-order valence-corrected chi connectivity index (χ1v) is 18.0. The molecule has 0 aliphatic rings. The molecule has 0 saturated heterocycles. The number of carbonyl (C=O) groups excluding carboxylic acids is 8. The van der Waals surface area contributed by atoms with Crippen molar-refractivity contribution in [3.63, 3.8) is 0 Å². The summed E-state index contributed by atoms with van der Waals surface area (Å²) in [6, 6.07) is 41.3. The van der Waals surface area contributed by atoms with E-state index in [4.69, 9.17) is 0 Å². The summed E-state index contributed by atoms with van der Waals surface area (Å²) >= 11 is 0. The number of rotatable bonds is 10. The van der Waals surface area contributed by atoms with E-state index in [-0.39, 0.29) is 43.2 Å². The van der Waals surface area contributed by atoms with Gasteiger partial charge in [-0.25, -0.2) is 0 Å². The number of carboxylic acids is 4. The maximum absolute atomic E-state index is 9.83. The average Bonchev–Trinajstić information content (AvgIpc) is 3.17. The van der Waals surface area contributed by atoms with E-state index >= 15 is 0 Å². The van der Waals surface area contributed by atoms with Gasteiger partial charge in [0.2, 0.25) is 0 Å². The number of Topliss-reactive ketones (excluding diaryl/α,β-unsaturated/α-hetero) is 4. The monoisotopic (exact) mass is 1010 g/mol. The molecule has 0 amide bonds. The summed E-state index contributed by atoms with van der Waals surface area (Å²) in [5.74, 6) is -6.75. The number of ketones is 4. The van der Waals surface area contributed by atoms with Crippen molar-refractivity contribution in [2.45, 2.75) is 53.4 Å². The minimum absolute atomic E-state index is 0. The molecule has 14 nitrogen and oxygen atoms in total. The number of benzene rings is 4. The van der Waals surface area contributed by atoms with Crippen molar-refractivity contribution in [1.82, 2.24) is 9.97 Å². The number of fused-ring (bicyclic) bond motifs is 2. The van der Waals surface area contributed by atoms with Crippen molar-refractivity contribution in [2.24, 2.45) is 0 Å². The molecule has 317 valence electrons. The first-order valence-electron chi connectivity index (χ1n) is 18.0.